The van der Waals surface area contributed by atoms with Crippen LogP contribution >= 0.6 is 0 Å². The molecule has 0 bridgehead atoms. The highest BCUT2D eigenvalue weighted by Gasteiger charge is 2.40. The molecule has 1 unspecified atom stereocenters. The zero-order chi connectivity index (χ0) is 48.2. The van der Waals surface area contributed by atoms with Gasteiger partial charge < -0.3 is 44.6 Å². The number of methoxy groups -OCH3 is 2. The molecule has 8 heterocycles. The summed E-state index contributed by atoms with van der Waals surface area (Å²) in [6, 6.07) is 16.7. The van der Waals surface area contributed by atoms with Gasteiger partial charge in [0, 0.05) is 35.8 Å². The summed E-state index contributed by atoms with van der Waals surface area (Å²) in [5.74, 6) is 0.255. The number of fused-ring (bicyclic) bond motifs is 6. The van der Waals surface area contributed by atoms with Crippen LogP contribution in [0.15, 0.2) is 79.3 Å². The van der Waals surface area contributed by atoms with Crippen molar-refractivity contribution in [2.45, 2.75) is 83.8 Å². The number of amides is 4. The normalized spacial score (nSPS) is 18.6. The molecule has 3 aliphatic heterocycles. The number of halogens is 1. The number of carbonyl (C=O) groups is 4. The fourth-order valence-corrected chi connectivity index (χ4v) is 10.1. The van der Waals surface area contributed by atoms with E-state index in [1.54, 1.807) is 32.8 Å². The van der Waals surface area contributed by atoms with Crippen molar-refractivity contribution in [3.63, 3.8) is 0 Å². The van der Waals surface area contributed by atoms with Crippen LogP contribution in [0.2, 0.25) is 0 Å². The standard InChI is InChI=1S/C50H54FN11O7/c1-26(2)42(56-49(65)67-5)46(63)59-16-9-12-37(59)44-52-24-34(54-44)28-14-15-36-30(19-28)21-39-41-32(51)20-29(22-40(41)69-48(62(36)39)33-23-31-11-7-8-18-61(31)58-33)35-25-53-45(55-35)38-13-10-17-60(38)47(64)43(27(3)4)57-50(66)68-6/h7-8,11,14-15,18-27,37-38,42-43,48H,9-10,12-13,16-17H2,1-6H3,(H,52,54)(H,53,55)(H,56,65)(H,57,66)/t37-,38-,42-,43-,48?/m0/s1. The maximum atomic E-state index is 16.9. The van der Waals surface area contributed by atoms with Crippen molar-refractivity contribution in [1.82, 2.24) is 54.6 Å². The van der Waals surface area contributed by atoms with E-state index in [0.717, 1.165) is 40.5 Å². The van der Waals surface area contributed by atoms with Crippen LogP contribution in [-0.4, -0.2) is 107 Å². The van der Waals surface area contributed by atoms with E-state index >= 15 is 4.39 Å². The summed E-state index contributed by atoms with van der Waals surface area (Å²) in [5.41, 5.74) is 5.81. The Kier molecular flexibility index (Phi) is 11.8. The van der Waals surface area contributed by atoms with Crippen molar-refractivity contribution in [1.29, 1.82) is 0 Å². The van der Waals surface area contributed by atoms with Crippen molar-refractivity contribution < 1.29 is 37.8 Å². The van der Waals surface area contributed by atoms with Gasteiger partial charge in [-0.25, -0.2) is 28.5 Å². The molecule has 2 fully saturated rings. The molecule has 7 aromatic rings. The molecule has 3 aliphatic rings. The molecule has 19 heteroatoms. The van der Waals surface area contributed by atoms with Gasteiger partial charge in [-0.05, 0) is 86.1 Å². The van der Waals surface area contributed by atoms with Gasteiger partial charge in [0.05, 0.1) is 72.4 Å². The lowest BCUT2D eigenvalue weighted by Gasteiger charge is -2.30. The van der Waals surface area contributed by atoms with Crippen LogP contribution in [0.5, 0.6) is 5.75 Å². The highest BCUT2D eigenvalue weighted by molar-refractivity contribution is 5.93. The number of H-pyrrole nitrogens is 2. The van der Waals surface area contributed by atoms with Crippen molar-refractivity contribution in [2.75, 3.05) is 27.3 Å². The zero-order valence-electron chi connectivity index (χ0n) is 39.2. The second-order valence-corrected chi connectivity index (χ2v) is 18.6. The summed E-state index contributed by atoms with van der Waals surface area (Å²) in [4.78, 5) is 71.7. The summed E-state index contributed by atoms with van der Waals surface area (Å²) in [6.45, 7) is 8.52. The van der Waals surface area contributed by atoms with E-state index < -0.39 is 36.3 Å². The first-order chi connectivity index (χ1) is 33.3. The molecule has 0 spiro atoms. The average molecular weight is 940 g/mol. The Balaban J connectivity index is 0.979. The van der Waals surface area contributed by atoms with Gasteiger partial charge in [0.2, 0.25) is 18.0 Å². The number of hydrogen-bond donors (Lipinski definition) is 4. The second kappa shape index (κ2) is 18.1. The first-order valence-electron chi connectivity index (χ1n) is 23.3. The maximum absolute atomic E-state index is 16.9. The summed E-state index contributed by atoms with van der Waals surface area (Å²) >= 11 is 0. The van der Waals surface area contributed by atoms with Crippen LogP contribution in [0, 0.1) is 17.7 Å². The van der Waals surface area contributed by atoms with E-state index in [1.807, 2.05) is 87.0 Å². The predicted molar refractivity (Wildman–Crippen MR) is 252 cm³/mol. The fourth-order valence-electron chi connectivity index (χ4n) is 10.1. The number of nitrogens with one attached hydrogen (secondary N) is 4. The molecule has 2 saturated heterocycles. The molecule has 10 rings (SSSR count). The van der Waals surface area contributed by atoms with Crippen molar-refractivity contribution in [3.05, 3.63) is 102 Å². The van der Waals surface area contributed by atoms with E-state index in [-0.39, 0.29) is 41.3 Å². The molecule has 69 heavy (non-hydrogen) atoms. The number of pyridine rings is 1. The maximum Gasteiger partial charge on any atom is 0.407 e. The van der Waals surface area contributed by atoms with Gasteiger partial charge in [0.15, 0.2) is 0 Å². The lowest BCUT2D eigenvalue weighted by molar-refractivity contribution is -0.136. The van der Waals surface area contributed by atoms with Crippen LogP contribution in [0.3, 0.4) is 0 Å². The third kappa shape index (κ3) is 8.18. The third-order valence-corrected chi connectivity index (χ3v) is 13.6. The van der Waals surface area contributed by atoms with Gasteiger partial charge in [-0.1, -0.05) is 39.8 Å². The Morgan fingerprint density at radius 2 is 1.38 bits per heavy atom. The Labute approximate surface area is 396 Å². The first-order valence-corrected chi connectivity index (χ1v) is 23.3. The number of carbonyl (C=O) groups excluding carboxylic acids is 4. The average Bonchev–Trinajstić information content (AvgIpc) is 4.21. The van der Waals surface area contributed by atoms with Crippen LogP contribution in [-0.2, 0) is 19.1 Å². The SMILES string of the molecule is COC(=O)N[C@H](C(=O)N1CCC[C@H]1c1ncc(-c2cc(F)c3c(c2)OC(c2cc4ccccn4n2)n2c-3cc3cc(-c4cnc([C@@H]5CCCN5C(=O)[C@@H](NC(=O)OC)C(C)C)[nH]4)ccc32)[nH]1)C(C)C. The summed E-state index contributed by atoms with van der Waals surface area (Å²) in [7, 11) is 2.54. The van der Waals surface area contributed by atoms with Crippen LogP contribution in [0.25, 0.3) is 50.2 Å². The fraction of sp³-hybridized carbons (Fsp3) is 0.380. The molecule has 0 aliphatic carbocycles. The molecule has 358 valence electrons. The Morgan fingerprint density at radius 1 is 0.768 bits per heavy atom. The quantitative estimate of drug-likeness (QED) is 0.0986. The van der Waals surface area contributed by atoms with Gasteiger partial charge in [-0.3, -0.25) is 14.2 Å². The number of aromatic amines is 2. The van der Waals surface area contributed by atoms with Gasteiger partial charge in [-0.2, -0.15) is 5.10 Å². The van der Waals surface area contributed by atoms with E-state index in [4.69, 9.17) is 29.3 Å². The van der Waals surface area contributed by atoms with E-state index in [2.05, 4.69) is 20.6 Å². The number of aromatic nitrogens is 7. The highest BCUT2D eigenvalue weighted by Crippen LogP contribution is 2.47. The molecule has 2 aromatic carbocycles. The third-order valence-electron chi connectivity index (χ3n) is 13.6. The van der Waals surface area contributed by atoms with Gasteiger partial charge >= 0.3 is 12.2 Å². The minimum atomic E-state index is -0.782. The minimum absolute atomic E-state index is 0.161. The van der Waals surface area contributed by atoms with E-state index in [9.17, 15) is 19.2 Å². The van der Waals surface area contributed by atoms with Crippen molar-refractivity contribution >= 4 is 40.4 Å². The molecular formula is C50H54FN11O7. The molecule has 0 saturated carbocycles. The first kappa shape index (κ1) is 45.1. The Bertz CT molecular complexity index is 3080. The zero-order valence-corrected chi connectivity index (χ0v) is 39.2. The number of likely N-dealkylation sites (tertiary alicyclic amines) is 2. The molecule has 18 nitrogen and oxygen atoms in total. The highest BCUT2D eigenvalue weighted by atomic mass is 19.1. The number of benzene rings is 2. The van der Waals surface area contributed by atoms with Gasteiger partial charge in [0.1, 0.15) is 41.0 Å². The number of rotatable bonds is 11. The minimum Gasteiger partial charge on any atom is -0.463 e. The topological polar surface area (TPSA) is 206 Å². The van der Waals surface area contributed by atoms with E-state index in [0.29, 0.717) is 66.0 Å². The largest absolute Gasteiger partial charge is 0.463 e. The predicted octanol–water partition coefficient (Wildman–Crippen LogP) is 7.90. The van der Waals surface area contributed by atoms with Crippen LogP contribution < -0.4 is 15.4 Å². The molecule has 0 radical (unpaired) electrons. The summed E-state index contributed by atoms with van der Waals surface area (Å²) in [6.07, 6.45) is 6.05. The van der Waals surface area contributed by atoms with Crippen LogP contribution in [0.1, 0.15) is 89.0 Å². The monoisotopic (exact) mass is 939 g/mol. The smallest absolute Gasteiger partial charge is 0.407 e. The molecule has 4 amide bonds. The Hall–Kier alpha value is -7.70. The van der Waals surface area contributed by atoms with Crippen LogP contribution in [0.4, 0.5) is 14.0 Å². The molecule has 5 atom stereocenters. The summed E-state index contributed by atoms with van der Waals surface area (Å²) in [5, 5.41) is 11.1. The van der Waals surface area contributed by atoms with Crippen molar-refractivity contribution in [3.8, 4) is 39.5 Å². The number of ether oxygens (including phenoxy) is 3. The number of imidazole rings is 2. The van der Waals surface area contributed by atoms with Gasteiger partial charge in [0.25, 0.3) is 0 Å². The Morgan fingerprint density at radius 3 is 1.96 bits per heavy atom. The lowest BCUT2D eigenvalue weighted by atomic mass is 10.0. The van der Waals surface area contributed by atoms with Gasteiger partial charge in [-0.15, -0.1) is 0 Å². The number of hydrogen-bond acceptors (Lipinski definition) is 10. The molecule has 5 aromatic heterocycles. The number of alkyl carbamates (subject to hydrolysis) is 2. The summed E-state index contributed by atoms with van der Waals surface area (Å²) < 4.78 is 37.1. The van der Waals surface area contributed by atoms with E-state index in [1.165, 1.54) is 20.3 Å². The lowest BCUT2D eigenvalue weighted by Crippen LogP contribution is -2.51. The number of nitrogens with zero attached hydrogens (tertiary/aromatic N) is 7. The molecule has 4 N–H and O–H groups in total. The molecular weight excluding hydrogens is 886 g/mol. The second-order valence-electron chi connectivity index (χ2n) is 18.6. The van der Waals surface area contributed by atoms with Crippen molar-refractivity contribution in [2.24, 2.45) is 11.8 Å².